The molecule has 2 aliphatic rings. The van der Waals surface area contributed by atoms with Crippen LogP contribution in [0.25, 0.3) is 0 Å². The third-order valence-electron chi connectivity index (χ3n) is 8.42. The molecule has 0 spiro atoms. The molecular formula is C35H50FN5O10S. The monoisotopic (exact) mass is 751 g/mol. The molecule has 1 aromatic carbocycles. The lowest BCUT2D eigenvalue weighted by molar-refractivity contribution is -0.142. The highest BCUT2D eigenvalue weighted by Gasteiger charge is 2.47. The zero-order chi connectivity index (χ0) is 38.9. The van der Waals surface area contributed by atoms with Gasteiger partial charge in [-0.15, -0.1) is 0 Å². The maximum absolute atomic E-state index is 14.3. The van der Waals surface area contributed by atoms with E-state index in [2.05, 4.69) is 20.3 Å². The van der Waals surface area contributed by atoms with Crippen LogP contribution in [-0.4, -0.2) is 104 Å². The van der Waals surface area contributed by atoms with Gasteiger partial charge in [0.2, 0.25) is 21.8 Å². The number of hydrogen-bond acceptors (Lipinski definition) is 10. The first kappa shape index (κ1) is 42.0. The number of aryl methyl sites for hydroxylation is 1. The van der Waals surface area contributed by atoms with Crippen molar-refractivity contribution < 1.29 is 51.0 Å². The van der Waals surface area contributed by atoms with Crippen molar-refractivity contribution in [3.05, 3.63) is 47.3 Å². The smallest absolute Gasteiger partial charge is 0.433 e. The molecule has 4 atom stereocenters. The minimum atomic E-state index is -3.98. The number of hydrogen-bond donors (Lipinski definition) is 3. The van der Waals surface area contributed by atoms with E-state index >= 15 is 0 Å². The predicted octanol–water partition coefficient (Wildman–Crippen LogP) is 3.43. The number of carbonyl (C=O) groups is 5. The van der Waals surface area contributed by atoms with Crippen molar-refractivity contribution in [3.8, 4) is 0 Å². The Morgan fingerprint density at radius 1 is 1.12 bits per heavy atom. The van der Waals surface area contributed by atoms with Gasteiger partial charge in [0.05, 0.1) is 18.4 Å². The molecule has 0 radical (unpaired) electrons. The molecule has 1 saturated heterocycles. The predicted molar refractivity (Wildman–Crippen MR) is 189 cm³/mol. The summed E-state index contributed by atoms with van der Waals surface area (Å²) in [6, 6.07) is 1.89. The largest absolute Gasteiger partial charge is 0.444 e. The second-order valence-electron chi connectivity index (χ2n) is 14.0. The topological polar surface area (TPSA) is 199 Å². The number of ether oxygens (including phenoxy) is 3. The average Bonchev–Trinajstić information content (AvgIpc) is 3.83. The van der Waals surface area contributed by atoms with Crippen molar-refractivity contribution in [2.24, 2.45) is 4.99 Å². The van der Waals surface area contributed by atoms with Crippen LogP contribution in [0.3, 0.4) is 0 Å². The molecule has 2 fully saturated rings. The van der Waals surface area contributed by atoms with E-state index in [0.29, 0.717) is 25.0 Å². The summed E-state index contributed by atoms with van der Waals surface area (Å²) in [5, 5.41) is 4.47. The summed E-state index contributed by atoms with van der Waals surface area (Å²) >= 11 is 0. The molecule has 1 aromatic rings. The van der Waals surface area contributed by atoms with Crippen LogP contribution in [-0.2, 0) is 38.6 Å². The highest BCUT2D eigenvalue weighted by Crippen LogP contribution is 2.29. The number of sulfonamides is 1. The Kier molecular flexibility index (Phi) is 14.5. The normalized spacial score (nSPS) is 19.6. The van der Waals surface area contributed by atoms with E-state index in [0.717, 1.165) is 11.1 Å². The van der Waals surface area contributed by atoms with Crippen LogP contribution in [0.1, 0.15) is 84.3 Å². The second kappa shape index (κ2) is 17.9. The first-order valence-electron chi connectivity index (χ1n) is 17.1. The van der Waals surface area contributed by atoms with Crippen molar-refractivity contribution in [2.45, 2.75) is 115 Å². The molecule has 17 heteroatoms. The first-order valence-corrected chi connectivity index (χ1v) is 18.7. The number of aliphatic imine (C=N–C) groups is 1. The summed E-state index contributed by atoms with van der Waals surface area (Å²) < 4.78 is 57.6. The quantitative estimate of drug-likeness (QED) is 0.176. The van der Waals surface area contributed by atoms with Crippen LogP contribution in [0.2, 0.25) is 0 Å². The SMILES string of the molecule is CC[C@H](NC(=O)OC(C)(C)C)C(=O)N1C[C@H](OC(=O)N=Cc2c(C)cccc2F)C[C@H]1C(=O)N[C@@](C)(CC/C=C\COC)C(=O)NS(=O)(=O)C1CC1. The summed E-state index contributed by atoms with van der Waals surface area (Å²) in [6.45, 7) is 9.63. The number of halogens is 1. The lowest BCUT2D eigenvalue weighted by Crippen LogP contribution is -2.62. The maximum atomic E-state index is 14.3. The van der Waals surface area contributed by atoms with Gasteiger partial charge in [-0.1, -0.05) is 31.2 Å². The van der Waals surface area contributed by atoms with Gasteiger partial charge >= 0.3 is 12.2 Å². The van der Waals surface area contributed by atoms with E-state index in [9.17, 15) is 36.8 Å². The second-order valence-corrected chi connectivity index (χ2v) is 16.0. The number of likely N-dealkylation sites (tertiary alicyclic amines) is 1. The van der Waals surface area contributed by atoms with Crippen LogP contribution < -0.4 is 15.4 Å². The molecule has 3 rings (SSSR count). The number of nitrogens with one attached hydrogen (secondary N) is 3. The molecule has 1 aliphatic carbocycles. The van der Waals surface area contributed by atoms with Gasteiger partial charge in [0, 0.05) is 25.3 Å². The molecule has 3 N–H and O–H groups in total. The standard InChI is InChI=1S/C35H50FN5O10S/c1-8-27(38-33(46)51-34(3,4)5)30(43)41-21-23(50-32(45)37-20-25-22(2)13-12-14-26(25)36)19-28(41)29(42)39-35(6,17-10-9-11-18-49-7)31(44)40-52(47,48)24-15-16-24/h9,11-14,20,23-24,27-28H,8,10,15-19,21H2,1-7H3,(H,38,46)(H,39,42)(H,40,44)/b11-9-,37-20?/t23-,27+,28+,35+/m1/s1. The van der Waals surface area contributed by atoms with Crippen molar-refractivity contribution in [1.29, 1.82) is 0 Å². The zero-order valence-corrected chi connectivity index (χ0v) is 31.5. The van der Waals surface area contributed by atoms with E-state index in [4.69, 9.17) is 14.2 Å². The van der Waals surface area contributed by atoms with Crippen molar-refractivity contribution in [3.63, 3.8) is 0 Å². The van der Waals surface area contributed by atoms with Gasteiger partial charge in [0.15, 0.2) is 0 Å². The van der Waals surface area contributed by atoms with E-state index in [1.165, 1.54) is 26.2 Å². The number of benzene rings is 1. The lowest BCUT2D eigenvalue weighted by Gasteiger charge is -2.33. The van der Waals surface area contributed by atoms with Crippen LogP contribution in [0.4, 0.5) is 14.0 Å². The van der Waals surface area contributed by atoms with Gasteiger partial charge in [-0.25, -0.2) is 22.4 Å². The Bertz CT molecular complexity index is 1640. The van der Waals surface area contributed by atoms with Crippen LogP contribution in [0.15, 0.2) is 35.3 Å². The van der Waals surface area contributed by atoms with E-state index in [1.54, 1.807) is 52.8 Å². The Balaban J connectivity index is 1.89. The summed E-state index contributed by atoms with van der Waals surface area (Å²) in [6.07, 6.45) is 2.33. The molecule has 15 nitrogen and oxygen atoms in total. The molecule has 0 bridgehead atoms. The molecule has 0 unspecified atom stereocenters. The zero-order valence-electron chi connectivity index (χ0n) is 30.7. The first-order chi connectivity index (χ1) is 24.3. The minimum absolute atomic E-state index is 0.0218. The maximum Gasteiger partial charge on any atom is 0.433 e. The highest BCUT2D eigenvalue weighted by molar-refractivity contribution is 7.91. The number of amides is 5. The van der Waals surface area contributed by atoms with Crippen molar-refractivity contribution in [2.75, 3.05) is 20.3 Å². The van der Waals surface area contributed by atoms with E-state index < -0.39 is 80.3 Å². The van der Waals surface area contributed by atoms with Crippen LogP contribution in [0.5, 0.6) is 0 Å². The number of carbonyl (C=O) groups excluding carboxylic acids is 5. The molecule has 288 valence electrons. The van der Waals surface area contributed by atoms with Crippen LogP contribution >= 0.6 is 0 Å². The number of nitrogens with zero attached hydrogens (tertiary/aromatic N) is 2. The van der Waals surface area contributed by atoms with Gasteiger partial charge in [-0.2, -0.15) is 4.99 Å². The summed E-state index contributed by atoms with van der Waals surface area (Å²) in [7, 11) is -2.47. The fourth-order valence-electron chi connectivity index (χ4n) is 5.41. The Hall–Kier alpha value is -4.38. The number of alkyl carbamates (subject to hydrolysis) is 1. The van der Waals surface area contributed by atoms with E-state index in [-0.39, 0.29) is 37.8 Å². The summed E-state index contributed by atoms with van der Waals surface area (Å²) in [5.41, 5.74) is -2.02. The van der Waals surface area contributed by atoms with Gasteiger partial charge in [-0.05, 0) is 78.4 Å². The van der Waals surface area contributed by atoms with Gasteiger partial charge in [0.1, 0.15) is 35.1 Å². The highest BCUT2D eigenvalue weighted by atomic mass is 32.2. The molecular weight excluding hydrogens is 701 g/mol. The Morgan fingerprint density at radius 3 is 2.40 bits per heavy atom. The fourth-order valence-corrected chi connectivity index (χ4v) is 6.81. The van der Waals surface area contributed by atoms with Gasteiger partial charge < -0.3 is 29.7 Å². The van der Waals surface area contributed by atoms with E-state index in [1.807, 2.05) is 0 Å². The average molecular weight is 752 g/mol. The number of rotatable bonds is 15. The molecule has 5 amide bonds. The molecule has 0 aromatic heterocycles. The van der Waals surface area contributed by atoms with Gasteiger partial charge in [-0.3, -0.25) is 19.1 Å². The Labute approximate surface area is 304 Å². The molecule has 1 heterocycles. The van der Waals surface area contributed by atoms with Crippen LogP contribution in [0, 0.1) is 12.7 Å². The summed E-state index contributed by atoms with van der Waals surface area (Å²) in [4.78, 5) is 71.7. The molecule has 52 heavy (non-hydrogen) atoms. The third-order valence-corrected chi connectivity index (χ3v) is 10.2. The number of methoxy groups -OCH3 is 1. The Morgan fingerprint density at radius 2 is 1.81 bits per heavy atom. The minimum Gasteiger partial charge on any atom is -0.444 e. The summed E-state index contributed by atoms with van der Waals surface area (Å²) in [5.74, 6) is -3.07. The third kappa shape index (κ3) is 12.1. The number of allylic oxidation sites excluding steroid dienone is 1. The lowest BCUT2D eigenvalue weighted by atomic mass is 9.94. The fraction of sp³-hybridized carbons (Fsp3) is 0.600. The van der Waals surface area contributed by atoms with Crippen molar-refractivity contribution >= 4 is 46.1 Å². The van der Waals surface area contributed by atoms with Crippen molar-refractivity contribution in [1.82, 2.24) is 20.3 Å². The van der Waals surface area contributed by atoms with Gasteiger partial charge in [0.25, 0.3) is 5.91 Å². The molecule has 1 saturated carbocycles. The molecule has 1 aliphatic heterocycles.